The number of ether oxygens (including phenoxy) is 4. The van der Waals surface area contributed by atoms with Crippen LogP contribution in [0, 0.1) is 0 Å². The Bertz CT molecular complexity index is 662. The minimum atomic E-state index is -0.215. The molecule has 1 N–H and O–H groups in total. The van der Waals surface area contributed by atoms with E-state index < -0.39 is 0 Å². The van der Waals surface area contributed by atoms with Crippen molar-refractivity contribution in [2.45, 2.75) is 6.92 Å². The molecule has 0 radical (unpaired) electrons. The molecule has 0 saturated carbocycles. The third kappa shape index (κ3) is 5.60. The van der Waals surface area contributed by atoms with E-state index in [0.717, 1.165) is 11.5 Å². The van der Waals surface area contributed by atoms with Crippen LogP contribution >= 0.6 is 0 Å². The van der Waals surface area contributed by atoms with E-state index in [1.54, 1.807) is 32.4 Å². The molecule has 0 aliphatic carbocycles. The van der Waals surface area contributed by atoms with Crippen molar-refractivity contribution in [3.63, 3.8) is 0 Å². The second-order valence-corrected chi connectivity index (χ2v) is 5.11. The Morgan fingerprint density at radius 1 is 0.880 bits per heavy atom. The van der Waals surface area contributed by atoms with Crippen molar-refractivity contribution < 1.29 is 23.7 Å². The van der Waals surface area contributed by atoms with Crippen molar-refractivity contribution in [2.24, 2.45) is 0 Å². The van der Waals surface area contributed by atoms with Crippen LogP contribution in [0.2, 0.25) is 0 Å². The summed E-state index contributed by atoms with van der Waals surface area (Å²) in [4.78, 5) is 12.2. The molecule has 134 valence electrons. The highest BCUT2D eigenvalue weighted by atomic mass is 16.5. The lowest BCUT2D eigenvalue weighted by molar-refractivity contribution is 0.0946. The van der Waals surface area contributed by atoms with Gasteiger partial charge < -0.3 is 24.3 Å². The molecular formula is C19H23NO5. The van der Waals surface area contributed by atoms with Gasteiger partial charge in [-0.05, 0) is 43.3 Å². The molecule has 2 rings (SSSR count). The Morgan fingerprint density at radius 2 is 1.44 bits per heavy atom. The monoisotopic (exact) mass is 345 g/mol. The molecule has 0 bridgehead atoms. The minimum absolute atomic E-state index is 0.215. The third-order valence-corrected chi connectivity index (χ3v) is 3.40. The molecule has 0 aromatic heterocycles. The number of nitrogens with one attached hydrogen (secondary N) is 1. The highest BCUT2D eigenvalue weighted by Gasteiger charge is 2.09. The van der Waals surface area contributed by atoms with Gasteiger partial charge in [-0.2, -0.15) is 0 Å². The van der Waals surface area contributed by atoms with Gasteiger partial charge in [0.1, 0.15) is 29.6 Å². The molecule has 0 atom stereocenters. The van der Waals surface area contributed by atoms with E-state index in [4.69, 9.17) is 18.9 Å². The first kappa shape index (κ1) is 18.4. The maximum absolute atomic E-state index is 12.2. The topological polar surface area (TPSA) is 66.0 Å². The van der Waals surface area contributed by atoms with Crippen LogP contribution in [-0.2, 0) is 0 Å². The van der Waals surface area contributed by atoms with Gasteiger partial charge in [0.15, 0.2) is 0 Å². The van der Waals surface area contributed by atoms with E-state index in [-0.39, 0.29) is 5.91 Å². The predicted molar refractivity (Wildman–Crippen MR) is 95.0 cm³/mol. The average Bonchev–Trinajstić information content (AvgIpc) is 2.66. The van der Waals surface area contributed by atoms with E-state index >= 15 is 0 Å². The average molecular weight is 345 g/mol. The molecule has 2 aromatic rings. The number of hydrogen-bond acceptors (Lipinski definition) is 5. The lowest BCUT2D eigenvalue weighted by Gasteiger charge is -2.10. The van der Waals surface area contributed by atoms with Crippen LogP contribution in [0.5, 0.6) is 23.0 Å². The number of benzene rings is 2. The van der Waals surface area contributed by atoms with Crippen LogP contribution < -0.4 is 24.3 Å². The van der Waals surface area contributed by atoms with Crippen molar-refractivity contribution >= 4 is 5.91 Å². The molecule has 6 heteroatoms. The van der Waals surface area contributed by atoms with Gasteiger partial charge in [0.05, 0.1) is 27.4 Å². The van der Waals surface area contributed by atoms with Crippen LogP contribution in [0.25, 0.3) is 0 Å². The van der Waals surface area contributed by atoms with Crippen molar-refractivity contribution in [1.82, 2.24) is 5.32 Å². The predicted octanol–water partition coefficient (Wildman–Crippen LogP) is 2.91. The molecular weight excluding hydrogens is 322 g/mol. The molecule has 1 amide bonds. The zero-order valence-corrected chi connectivity index (χ0v) is 14.7. The Morgan fingerprint density at radius 3 is 1.96 bits per heavy atom. The van der Waals surface area contributed by atoms with E-state index in [1.807, 2.05) is 31.2 Å². The minimum Gasteiger partial charge on any atom is -0.497 e. The summed E-state index contributed by atoms with van der Waals surface area (Å²) >= 11 is 0. The zero-order chi connectivity index (χ0) is 18.1. The van der Waals surface area contributed by atoms with Gasteiger partial charge >= 0.3 is 0 Å². The van der Waals surface area contributed by atoms with Crippen LogP contribution in [-0.4, -0.2) is 39.9 Å². The first-order valence-corrected chi connectivity index (χ1v) is 8.03. The molecule has 6 nitrogen and oxygen atoms in total. The Hall–Kier alpha value is -2.89. The Labute approximate surface area is 147 Å². The van der Waals surface area contributed by atoms with Crippen LogP contribution in [0.1, 0.15) is 17.3 Å². The maximum Gasteiger partial charge on any atom is 0.251 e. The van der Waals surface area contributed by atoms with Crippen molar-refractivity contribution in [3.8, 4) is 23.0 Å². The molecule has 0 aliphatic rings. The fraction of sp³-hybridized carbons (Fsp3) is 0.316. The molecule has 0 fully saturated rings. The molecule has 25 heavy (non-hydrogen) atoms. The van der Waals surface area contributed by atoms with Gasteiger partial charge in [0, 0.05) is 11.6 Å². The van der Waals surface area contributed by atoms with E-state index in [9.17, 15) is 4.79 Å². The first-order valence-electron chi connectivity index (χ1n) is 8.03. The summed E-state index contributed by atoms with van der Waals surface area (Å²) in [6.07, 6.45) is 0. The highest BCUT2D eigenvalue weighted by molar-refractivity contribution is 5.95. The first-order chi connectivity index (χ1) is 12.2. The van der Waals surface area contributed by atoms with Crippen LogP contribution in [0.4, 0.5) is 0 Å². The summed E-state index contributed by atoms with van der Waals surface area (Å²) in [5, 5.41) is 2.80. The van der Waals surface area contributed by atoms with E-state index in [0.29, 0.717) is 36.8 Å². The standard InChI is InChI=1S/C19H23NO5/c1-4-24-15-5-7-16(8-6-15)25-10-9-20-19(21)14-11-17(22-2)13-18(12-14)23-3/h5-8,11-13H,4,9-10H2,1-3H3,(H,20,21). The number of hydrogen-bond donors (Lipinski definition) is 1. The van der Waals surface area contributed by atoms with Crippen LogP contribution in [0.15, 0.2) is 42.5 Å². The van der Waals surface area contributed by atoms with Crippen molar-refractivity contribution in [1.29, 1.82) is 0 Å². The molecule has 0 unspecified atom stereocenters. The smallest absolute Gasteiger partial charge is 0.251 e. The maximum atomic E-state index is 12.2. The molecule has 0 spiro atoms. The summed E-state index contributed by atoms with van der Waals surface area (Å²) in [6, 6.07) is 12.4. The quantitative estimate of drug-likeness (QED) is 0.708. The van der Waals surface area contributed by atoms with Gasteiger partial charge in [0.2, 0.25) is 0 Å². The summed E-state index contributed by atoms with van der Waals surface area (Å²) in [7, 11) is 3.09. The van der Waals surface area contributed by atoms with Crippen molar-refractivity contribution in [2.75, 3.05) is 34.0 Å². The Balaban J connectivity index is 1.82. The fourth-order valence-corrected chi connectivity index (χ4v) is 2.17. The summed E-state index contributed by atoms with van der Waals surface area (Å²) in [5.74, 6) is 2.44. The lowest BCUT2D eigenvalue weighted by Crippen LogP contribution is -2.28. The molecule has 0 aliphatic heterocycles. The van der Waals surface area contributed by atoms with E-state index in [1.165, 1.54) is 0 Å². The highest BCUT2D eigenvalue weighted by Crippen LogP contribution is 2.22. The van der Waals surface area contributed by atoms with Crippen LogP contribution in [0.3, 0.4) is 0 Å². The number of amides is 1. The summed E-state index contributed by atoms with van der Waals surface area (Å²) in [6.45, 7) is 3.30. The third-order valence-electron chi connectivity index (χ3n) is 3.40. The largest absolute Gasteiger partial charge is 0.497 e. The number of methoxy groups -OCH3 is 2. The van der Waals surface area contributed by atoms with Gasteiger partial charge in [-0.25, -0.2) is 0 Å². The lowest BCUT2D eigenvalue weighted by atomic mass is 10.2. The SMILES string of the molecule is CCOc1ccc(OCCNC(=O)c2cc(OC)cc(OC)c2)cc1. The normalized spacial score (nSPS) is 10.0. The van der Waals surface area contributed by atoms with Gasteiger partial charge in [-0.15, -0.1) is 0 Å². The van der Waals surface area contributed by atoms with E-state index in [2.05, 4.69) is 5.32 Å². The second-order valence-electron chi connectivity index (χ2n) is 5.11. The number of rotatable bonds is 9. The van der Waals surface area contributed by atoms with Gasteiger partial charge in [-0.3, -0.25) is 4.79 Å². The van der Waals surface area contributed by atoms with Gasteiger partial charge in [0.25, 0.3) is 5.91 Å². The van der Waals surface area contributed by atoms with Gasteiger partial charge in [-0.1, -0.05) is 0 Å². The number of carbonyl (C=O) groups is 1. The summed E-state index contributed by atoms with van der Waals surface area (Å²) < 4.78 is 21.3. The molecule has 2 aromatic carbocycles. The fourth-order valence-electron chi connectivity index (χ4n) is 2.17. The zero-order valence-electron chi connectivity index (χ0n) is 14.7. The molecule has 0 heterocycles. The van der Waals surface area contributed by atoms with Crippen molar-refractivity contribution in [3.05, 3.63) is 48.0 Å². The molecule has 0 saturated heterocycles. The Kier molecular flexibility index (Phi) is 6.95. The number of carbonyl (C=O) groups excluding carboxylic acids is 1. The summed E-state index contributed by atoms with van der Waals surface area (Å²) in [5.41, 5.74) is 0.470. The second kappa shape index (κ2) is 9.42.